The molecule has 1 aromatic carbocycles. The van der Waals surface area contributed by atoms with Crippen LogP contribution < -0.4 is 5.32 Å². The maximum Gasteiger partial charge on any atom is 0.273 e. The molecule has 3 amide bonds. The summed E-state index contributed by atoms with van der Waals surface area (Å²) >= 11 is 13.1. The fourth-order valence-corrected chi connectivity index (χ4v) is 4.71. The first-order chi connectivity index (χ1) is 14.9. The van der Waals surface area contributed by atoms with Crippen LogP contribution in [0.3, 0.4) is 0 Å². The highest BCUT2D eigenvalue weighted by Crippen LogP contribution is 2.24. The van der Waals surface area contributed by atoms with Gasteiger partial charge in [0.15, 0.2) is 5.13 Å². The van der Waals surface area contributed by atoms with Crippen LogP contribution in [-0.2, 0) is 9.53 Å². The number of aromatic nitrogens is 1. The maximum atomic E-state index is 12.8. The Balaban J connectivity index is 1.33. The first-order valence-corrected chi connectivity index (χ1v) is 11.5. The molecule has 2 aromatic rings. The summed E-state index contributed by atoms with van der Waals surface area (Å²) in [5.41, 5.74) is 0.516. The fourth-order valence-electron chi connectivity index (χ4n) is 3.54. The molecule has 0 bridgehead atoms. The number of piperazine rings is 1. The molecule has 3 heterocycles. The van der Waals surface area contributed by atoms with Crippen molar-refractivity contribution < 1.29 is 19.1 Å². The lowest BCUT2D eigenvalue weighted by Crippen LogP contribution is -2.52. The highest BCUT2D eigenvalue weighted by molar-refractivity contribution is 7.14. The van der Waals surface area contributed by atoms with Crippen LogP contribution in [0.1, 0.15) is 33.7 Å². The Hall–Kier alpha value is -2.20. The molecule has 2 fully saturated rings. The van der Waals surface area contributed by atoms with Gasteiger partial charge in [-0.25, -0.2) is 4.98 Å². The summed E-state index contributed by atoms with van der Waals surface area (Å²) in [6.45, 7) is 2.41. The minimum Gasteiger partial charge on any atom is -0.368 e. The SMILES string of the molecule is O=C(Nc1nc(C(=O)N2CCN(C(=O)C3CCCO3)CC2)cs1)c1ccc(Cl)cc1Cl. The highest BCUT2D eigenvalue weighted by Gasteiger charge is 2.32. The largest absolute Gasteiger partial charge is 0.368 e. The van der Waals surface area contributed by atoms with Crippen LogP contribution in [0.4, 0.5) is 5.13 Å². The topological polar surface area (TPSA) is 91.8 Å². The predicted molar refractivity (Wildman–Crippen MR) is 118 cm³/mol. The number of halogens is 2. The first kappa shape index (κ1) is 22.0. The minimum atomic E-state index is -0.434. The van der Waals surface area contributed by atoms with Gasteiger partial charge in [0.25, 0.3) is 17.7 Å². The van der Waals surface area contributed by atoms with Crippen LogP contribution in [0.5, 0.6) is 0 Å². The number of hydrogen-bond acceptors (Lipinski definition) is 6. The average molecular weight is 483 g/mol. The zero-order chi connectivity index (χ0) is 22.0. The van der Waals surface area contributed by atoms with Crippen molar-refractivity contribution in [1.82, 2.24) is 14.8 Å². The van der Waals surface area contributed by atoms with Crippen LogP contribution in [0.15, 0.2) is 23.6 Å². The molecule has 1 atom stereocenters. The third-order valence-electron chi connectivity index (χ3n) is 5.20. The van der Waals surface area contributed by atoms with Crippen LogP contribution in [0.2, 0.25) is 10.0 Å². The van der Waals surface area contributed by atoms with E-state index in [1.807, 2.05) is 0 Å². The number of rotatable bonds is 4. The summed E-state index contributed by atoms with van der Waals surface area (Å²) in [6.07, 6.45) is 1.31. The number of nitrogens with zero attached hydrogens (tertiary/aromatic N) is 3. The van der Waals surface area contributed by atoms with Crippen molar-refractivity contribution in [1.29, 1.82) is 0 Å². The van der Waals surface area contributed by atoms with Gasteiger partial charge in [-0.2, -0.15) is 0 Å². The van der Waals surface area contributed by atoms with Crippen molar-refractivity contribution in [2.45, 2.75) is 18.9 Å². The summed E-state index contributed by atoms with van der Waals surface area (Å²) in [5, 5.41) is 5.22. The Bertz CT molecular complexity index is 1000. The normalized spacial score (nSPS) is 18.8. The minimum absolute atomic E-state index is 0.00381. The van der Waals surface area contributed by atoms with Gasteiger partial charge in [0.2, 0.25) is 0 Å². The summed E-state index contributed by atoms with van der Waals surface area (Å²) in [6, 6.07) is 4.58. The van der Waals surface area contributed by atoms with Gasteiger partial charge >= 0.3 is 0 Å². The second kappa shape index (κ2) is 9.52. The number of anilines is 1. The molecule has 1 unspecified atom stereocenters. The van der Waals surface area contributed by atoms with E-state index in [9.17, 15) is 14.4 Å². The monoisotopic (exact) mass is 482 g/mol. The van der Waals surface area contributed by atoms with Gasteiger partial charge in [-0.15, -0.1) is 11.3 Å². The second-order valence-corrected chi connectivity index (χ2v) is 8.94. The Morgan fingerprint density at radius 1 is 1.13 bits per heavy atom. The van der Waals surface area contributed by atoms with Crippen molar-refractivity contribution in [2.24, 2.45) is 0 Å². The Labute approximate surface area is 193 Å². The van der Waals surface area contributed by atoms with E-state index in [0.717, 1.165) is 24.2 Å². The quantitative estimate of drug-likeness (QED) is 0.722. The van der Waals surface area contributed by atoms with Gasteiger partial charge in [-0.3, -0.25) is 19.7 Å². The average Bonchev–Trinajstić information content (AvgIpc) is 3.45. The zero-order valence-corrected chi connectivity index (χ0v) is 18.8. The second-order valence-electron chi connectivity index (χ2n) is 7.24. The predicted octanol–water partition coefficient (Wildman–Crippen LogP) is 3.17. The Morgan fingerprint density at radius 3 is 2.55 bits per heavy atom. The van der Waals surface area contributed by atoms with Crippen LogP contribution in [0.25, 0.3) is 0 Å². The lowest BCUT2D eigenvalue weighted by Gasteiger charge is -2.35. The third kappa shape index (κ3) is 5.01. The Kier molecular flexibility index (Phi) is 6.76. The van der Waals surface area contributed by atoms with E-state index in [0.29, 0.717) is 42.9 Å². The van der Waals surface area contributed by atoms with Crippen molar-refractivity contribution in [3.8, 4) is 0 Å². The lowest BCUT2D eigenvalue weighted by molar-refractivity contribution is -0.142. The highest BCUT2D eigenvalue weighted by atomic mass is 35.5. The molecule has 2 aliphatic heterocycles. The Morgan fingerprint density at radius 2 is 1.87 bits per heavy atom. The van der Waals surface area contributed by atoms with Gasteiger partial charge in [0, 0.05) is 43.2 Å². The molecule has 0 radical (unpaired) electrons. The summed E-state index contributed by atoms with van der Waals surface area (Å²) in [5.74, 6) is -0.661. The van der Waals surface area contributed by atoms with E-state index in [-0.39, 0.29) is 34.2 Å². The first-order valence-electron chi connectivity index (χ1n) is 9.84. The molecule has 2 saturated heterocycles. The summed E-state index contributed by atoms with van der Waals surface area (Å²) < 4.78 is 5.46. The lowest BCUT2D eigenvalue weighted by atomic mass is 10.2. The maximum absolute atomic E-state index is 12.8. The molecule has 2 aliphatic rings. The van der Waals surface area contributed by atoms with Gasteiger partial charge < -0.3 is 14.5 Å². The smallest absolute Gasteiger partial charge is 0.273 e. The standard InChI is InChI=1S/C20H20Cl2N4O4S/c21-12-3-4-13(14(22)10-12)17(27)24-20-23-15(11-31-20)18(28)25-5-7-26(8-6-25)19(29)16-2-1-9-30-16/h3-4,10-11,16H,1-2,5-9H2,(H,23,24,27). The fraction of sp³-hybridized carbons (Fsp3) is 0.400. The molecule has 0 saturated carbocycles. The van der Waals surface area contributed by atoms with E-state index >= 15 is 0 Å². The van der Waals surface area contributed by atoms with E-state index in [4.69, 9.17) is 27.9 Å². The van der Waals surface area contributed by atoms with Gasteiger partial charge in [0.05, 0.1) is 10.6 Å². The number of benzene rings is 1. The third-order valence-corrected chi connectivity index (χ3v) is 6.51. The molecule has 1 aromatic heterocycles. The van der Waals surface area contributed by atoms with E-state index < -0.39 is 5.91 Å². The number of ether oxygens (including phenoxy) is 1. The molecular formula is C20H20Cl2N4O4S. The van der Waals surface area contributed by atoms with E-state index in [2.05, 4.69) is 10.3 Å². The van der Waals surface area contributed by atoms with Gasteiger partial charge in [0.1, 0.15) is 11.8 Å². The van der Waals surface area contributed by atoms with E-state index in [1.54, 1.807) is 21.2 Å². The van der Waals surface area contributed by atoms with Crippen LogP contribution in [0, 0.1) is 0 Å². The number of carbonyl (C=O) groups is 3. The summed E-state index contributed by atoms with van der Waals surface area (Å²) in [7, 11) is 0. The molecule has 0 aliphatic carbocycles. The van der Waals surface area contributed by atoms with Crippen molar-refractivity contribution in [3.63, 3.8) is 0 Å². The van der Waals surface area contributed by atoms with Crippen molar-refractivity contribution >= 4 is 57.4 Å². The van der Waals surface area contributed by atoms with Gasteiger partial charge in [-0.1, -0.05) is 23.2 Å². The molecule has 4 rings (SSSR count). The van der Waals surface area contributed by atoms with Crippen LogP contribution >= 0.6 is 34.5 Å². The number of thiazole rings is 1. The van der Waals surface area contributed by atoms with Crippen LogP contribution in [-0.4, -0.2) is 71.4 Å². The summed E-state index contributed by atoms with van der Waals surface area (Å²) in [4.78, 5) is 45.3. The van der Waals surface area contributed by atoms with E-state index in [1.165, 1.54) is 12.1 Å². The number of carbonyl (C=O) groups excluding carboxylic acids is 3. The zero-order valence-electron chi connectivity index (χ0n) is 16.5. The molecular weight excluding hydrogens is 463 g/mol. The number of nitrogens with one attached hydrogen (secondary N) is 1. The molecule has 164 valence electrons. The van der Waals surface area contributed by atoms with Gasteiger partial charge in [-0.05, 0) is 31.0 Å². The number of hydrogen-bond donors (Lipinski definition) is 1. The molecule has 1 N–H and O–H groups in total. The molecule has 8 nitrogen and oxygen atoms in total. The molecule has 0 spiro atoms. The van der Waals surface area contributed by atoms with Crippen molar-refractivity contribution in [3.05, 3.63) is 44.9 Å². The van der Waals surface area contributed by atoms with Crippen molar-refractivity contribution in [2.75, 3.05) is 38.1 Å². The molecule has 11 heteroatoms. The number of amides is 3. The molecule has 31 heavy (non-hydrogen) atoms.